The highest BCUT2D eigenvalue weighted by Crippen LogP contribution is 2.27. The summed E-state index contributed by atoms with van der Waals surface area (Å²) in [5.41, 5.74) is 16.6. The Morgan fingerprint density at radius 1 is 0.605 bits per heavy atom. The van der Waals surface area contributed by atoms with Crippen molar-refractivity contribution in [1.29, 1.82) is 0 Å². The summed E-state index contributed by atoms with van der Waals surface area (Å²) < 4.78 is 29.7. The van der Waals surface area contributed by atoms with Gasteiger partial charge in [0.2, 0.25) is 0 Å². The van der Waals surface area contributed by atoms with Gasteiger partial charge in [0.25, 0.3) is 0 Å². The lowest BCUT2D eigenvalue weighted by molar-refractivity contribution is 0.262. The van der Waals surface area contributed by atoms with Crippen molar-refractivity contribution in [2.45, 2.75) is 25.7 Å². The second kappa shape index (κ2) is 12.9. The molecular weight excluding hydrogens is 482 g/mol. The zero-order valence-corrected chi connectivity index (χ0v) is 21.1. The fourth-order valence-corrected chi connectivity index (χ4v) is 4.29. The van der Waals surface area contributed by atoms with Crippen LogP contribution in [0, 0.1) is 11.6 Å². The zero-order chi connectivity index (χ0) is 26.9. The Morgan fingerprint density at radius 2 is 1.03 bits per heavy atom. The number of rotatable bonds is 10. The number of carbonyl (C=O) groups excluding carboxylic acids is 1. The molecule has 4 aromatic rings. The van der Waals surface area contributed by atoms with Crippen LogP contribution in [-0.4, -0.2) is 19.1 Å². The number of aryl methyl sites for hydroxylation is 2. The normalized spacial score (nSPS) is 10.8. The van der Waals surface area contributed by atoms with Crippen LogP contribution in [0.4, 0.5) is 25.0 Å². The fourth-order valence-electron chi connectivity index (χ4n) is 4.29. The first-order valence-electron chi connectivity index (χ1n) is 12.7. The summed E-state index contributed by atoms with van der Waals surface area (Å²) in [6.45, 7) is 1.22. The van der Waals surface area contributed by atoms with Crippen molar-refractivity contribution in [3.8, 4) is 22.3 Å². The number of halogens is 2. The Morgan fingerprint density at radius 3 is 1.42 bits per heavy atom. The monoisotopic (exact) mass is 514 g/mol. The lowest BCUT2D eigenvalue weighted by Crippen LogP contribution is -2.20. The van der Waals surface area contributed by atoms with E-state index in [4.69, 9.17) is 11.5 Å². The molecule has 0 heterocycles. The highest BCUT2D eigenvalue weighted by Gasteiger charge is 2.12. The lowest BCUT2D eigenvalue weighted by atomic mass is 10.0. The van der Waals surface area contributed by atoms with Crippen molar-refractivity contribution >= 4 is 17.4 Å². The summed E-state index contributed by atoms with van der Waals surface area (Å²) in [6.07, 6.45) is 3.46. The molecule has 0 saturated carbocycles. The molecule has 0 bridgehead atoms. The number of amides is 2. The largest absolute Gasteiger partial charge is 0.330 e. The van der Waals surface area contributed by atoms with E-state index >= 15 is 0 Å². The van der Waals surface area contributed by atoms with Gasteiger partial charge in [-0.2, -0.15) is 0 Å². The second-order valence-corrected chi connectivity index (χ2v) is 9.15. The molecule has 196 valence electrons. The summed E-state index contributed by atoms with van der Waals surface area (Å²) in [6, 6.07) is 24.2. The first kappa shape index (κ1) is 27.0. The highest BCUT2D eigenvalue weighted by molar-refractivity contribution is 6.00. The minimum atomic E-state index is -0.740. The molecule has 0 radical (unpaired) electrons. The van der Waals surface area contributed by atoms with Gasteiger partial charge in [-0.3, -0.25) is 0 Å². The number of urea groups is 1. The van der Waals surface area contributed by atoms with Gasteiger partial charge in [0, 0.05) is 0 Å². The number of benzene rings is 4. The van der Waals surface area contributed by atoms with E-state index in [1.807, 2.05) is 48.5 Å². The number of anilines is 2. The average Bonchev–Trinajstić information content (AvgIpc) is 2.93. The molecule has 7 heteroatoms. The Bertz CT molecular complexity index is 1300. The van der Waals surface area contributed by atoms with Gasteiger partial charge in [0.05, 0.1) is 11.4 Å². The van der Waals surface area contributed by atoms with E-state index in [1.165, 1.54) is 24.3 Å². The van der Waals surface area contributed by atoms with Gasteiger partial charge in [-0.1, -0.05) is 60.7 Å². The molecular formula is C31H32F2N4O. The number of carbonyl (C=O) groups is 1. The first-order valence-corrected chi connectivity index (χ1v) is 12.7. The fraction of sp³-hybridized carbons (Fsp3) is 0.194. The van der Waals surface area contributed by atoms with E-state index in [2.05, 4.69) is 10.6 Å². The highest BCUT2D eigenvalue weighted by atomic mass is 19.1. The molecule has 2 amide bonds. The molecule has 0 aliphatic carbocycles. The van der Waals surface area contributed by atoms with Gasteiger partial charge in [0.1, 0.15) is 11.6 Å². The molecule has 0 aliphatic heterocycles. The van der Waals surface area contributed by atoms with Crippen LogP contribution < -0.4 is 22.1 Å². The van der Waals surface area contributed by atoms with Gasteiger partial charge >= 0.3 is 6.03 Å². The minimum Gasteiger partial charge on any atom is -0.330 e. The van der Waals surface area contributed by atoms with E-state index < -0.39 is 17.7 Å². The molecule has 0 fully saturated rings. The molecule has 0 atom stereocenters. The Hall–Kier alpha value is -4.07. The van der Waals surface area contributed by atoms with Crippen LogP contribution in [0.2, 0.25) is 0 Å². The lowest BCUT2D eigenvalue weighted by Gasteiger charge is -2.12. The number of nitrogens with two attached hydrogens (primary N) is 2. The summed E-state index contributed by atoms with van der Waals surface area (Å²) in [7, 11) is 0. The molecule has 0 saturated heterocycles. The van der Waals surface area contributed by atoms with Crippen LogP contribution in [-0.2, 0) is 12.8 Å². The molecule has 6 N–H and O–H groups in total. The molecule has 5 nitrogen and oxygen atoms in total. The summed E-state index contributed by atoms with van der Waals surface area (Å²) >= 11 is 0. The third-order valence-electron chi connectivity index (χ3n) is 6.29. The van der Waals surface area contributed by atoms with E-state index in [1.54, 1.807) is 12.1 Å². The number of nitrogens with one attached hydrogen (secondary N) is 2. The van der Waals surface area contributed by atoms with Gasteiger partial charge in [-0.25, -0.2) is 13.6 Å². The Labute approximate surface area is 221 Å². The molecule has 4 rings (SSSR count). The van der Waals surface area contributed by atoms with E-state index in [0.717, 1.165) is 47.9 Å². The van der Waals surface area contributed by atoms with Gasteiger partial charge in [-0.05, 0) is 96.4 Å². The number of hydrogen-bond donors (Lipinski definition) is 4. The molecule has 0 aromatic heterocycles. The Balaban J connectivity index is 1.42. The van der Waals surface area contributed by atoms with Gasteiger partial charge in [0.15, 0.2) is 0 Å². The summed E-state index contributed by atoms with van der Waals surface area (Å²) in [5, 5.41) is 4.92. The second-order valence-electron chi connectivity index (χ2n) is 9.15. The predicted octanol–water partition coefficient (Wildman–Crippen LogP) is 6.73. The van der Waals surface area contributed by atoms with E-state index in [-0.39, 0.29) is 11.4 Å². The van der Waals surface area contributed by atoms with Crippen LogP contribution in [0.15, 0.2) is 84.9 Å². The van der Waals surface area contributed by atoms with Crippen molar-refractivity contribution < 1.29 is 13.6 Å². The maximum atomic E-state index is 14.8. The maximum absolute atomic E-state index is 14.8. The summed E-state index contributed by atoms with van der Waals surface area (Å²) in [5.74, 6) is -1.18. The molecule has 38 heavy (non-hydrogen) atoms. The quantitative estimate of drug-likeness (QED) is 0.189. The van der Waals surface area contributed by atoms with Crippen LogP contribution in [0.5, 0.6) is 0 Å². The summed E-state index contributed by atoms with van der Waals surface area (Å²) in [4.78, 5) is 12.5. The van der Waals surface area contributed by atoms with Gasteiger partial charge in [-0.15, -0.1) is 0 Å². The van der Waals surface area contributed by atoms with E-state index in [0.29, 0.717) is 24.2 Å². The van der Waals surface area contributed by atoms with Crippen molar-refractivity contribution in [3.63, 3.8) is 0 Å². The first-order chi connectivity index (χ1) is 18.5. The van der Waals surface area contributed by atoms with E-state index in [9.17, 15) is 13.6 Å². The molecule has 4 aromatic carbocycles. The van der Waals surface area contributed by atoms with Crippen LogP contribution in [0.25, 0.3) is 22.3 Å². The third kappa shape index (κ3) is 7.03. The standard InChI is InChI=1S/C31H32F2N4O/c32-27-19-25(23-9-1-5-21(17-23)7-3-15-34)11-13-29(27)36-31(38)37-30-14-12-26(20-28(30)33)24-10-2-6-22(18-24)8-4-16-35/h1-2,5-6,9-14,17-20H,3-4,7-8,15-16,34-35H2,(H2,36,37,38). The van der Waals surface area contributed by atoms with Crippen molar-refractivity contribution in [3.05, 3.63) is 108 Å². The van der Waals surface area contributed by atoms with Crippen molar-refractivity contribution in [2.75, 3.05) is 23.7 Å². The van der Waals surface area contributed by atoms with Gasteiger partial charge < -0.3 is 22.1 Å². The third-order valence-corrected chi connectivity index (χ3v) is 6.29. The smallest absolute Gasteiger partial charge is 0.323 e. The Kier molecular flexibility index (Phi) is 9.19. The maximum Gasteiger partial charge on any atom is 0.323 e. The SMILES string of the molecule is NCCCc1cccc(-c2ccc(NC(=O)Nc3ccc(-c4cccc(CCCN)c4)cc3F)c(F)c2)c1. The topological polar surface area (TPSA) is 93.2 Å². The van der Waals surface area contributed by atoms with Crippen molar-refractivity contribution in [1.82, 2.24) is 0 Å². The minimum absolute atomic E-state index is 0.00291. The van der Waals surface area contributed by atoms with Crippen LogP contribution in [0.1, 0.15) is 24.0 Å². The van der Waals surface area contributed by atoms with Crippen molar-refractivity contribution in [2.24, 2.45) is 11.5 Å². The molecule has 0 aliphatic rings. The van der Waals surface area contributed by atoms with Crippen LogP contribution >= 0.6 is 0 Å². The molecule has 0 spiro atoms. The molecule has 0 unspecified atom stereocenters. The zero-order valence-electron chi connectivity index (χ0n) is 21.1. The predicted molar refractivity (Wildman–Crippen MR) is 151 cm³/mol. The number of hydrogen-bond acceptors (Lipinski definition) is 3. The average molecular weight is 515 g/mol. The van der Waals surface area contributed by atoms with Crippen LogP contribution in [0.3, 0.4) is 0 Å².